The third kappa shape index (κ3) is 2.81. The van der Waals surface area contributed by atoms with E-state index >= 15 is 0 Å². The lowest BCUT2D eigenvalue weighted by atomic mass is 10.1. The zero-order valence-corrected chi connectivity index (χ0v) is 8.10. The summed E-state index contributed by atoms with van der Waals surface area (Å²) in [5.41, 5.74) is 0.884. The summed E-state index contributed by atoms with van der Waals surface area (Å²) >= 11 is 0. The molecule has 0 saturated heterocycles. The zero-order chi connectivity index (χ0) is 9.72. The van der Waals surface area contributed by atoms with E-state index in [-0.39, 0.29) is 0 Å². The largest absolute Gasteiger partial charge is 0.498 e. The van der Waals surface area contributed by atoms with Crippen molar-refractivity contribution in [2.24, 2.45) is 0 Å². The summed E-state index contributed by atoms with van der Waals surface area (Å²) in [6.07, 6.45) is -1.66. The predicted molar refractivity (Wildman–Crippen MR) is 46.6 cm³/mol. The van der Waals surface area contributed by atoms with E-state index in [2.05, 4.69) is 0 Å². The van der Waals surface area contributed by atoms with Crippen molar-refractivity contribution in [1.82, 2.24) is 0 Å². The van der Waals surface area contributed by atoms with E-state index in [1.807, 2.05) is 13.8 Å². The molecule has 3 heteroatoms. The fourth-order valence-electron chi connectivity index (χ4n) is 0.930. The maximum atomic E-state index is 12.7. The number of aliphatic hydroxyl groups is 1. The molecule has 0 fully saturated rings. The van der Waals surface area contributed by atoms with E-state index in [1.54, 1.807) is 0 Å². The van der Waals surface area contributed by atoms with E-state index < -0.39 is 12.3 Å². The second-order valence-electron chi connectivity index (χ2n) is 2.82. The highest BCUT2D eigenvalue weighted by atomic mass is 19.1. The van der Waals surface area contributed by atoms with Gasteiger partial charge in [0.25, 0.3) is 0 Å². The normalized spacial score (nSPS) is 18.2. The van der Waals surface area contributed by atoms with Crippen LogP contribution in [0.3, 0.4) is 0 Å². The summed E-state index contributed by atoms with van der Waals surface area (Å²) in [6.45, 7) is 5.07. The van der Waals surface area contributed by atoms with Crippen LogP contribution in [0, 0.1) is 0 Å². The Balaban J connectivity index is 4.54. The van der Waals surface area contributed by atoms with Crippen LogP contribution in [0.1, 0.15) is 27.2 Å². The smallest absolute Gasteiger partial charge is 0.142 e. The Morgan fingerprint density at radius 3 is 2.33 bits per heavy atom. The van der Waals surface area contributed by atoms with Crippen LogP contribution in [0.2, 0.25) is 0 Å². The van der Waals surface area contributed by atoms with Gasteiger partial charge in [0.2, 0.25) is 0 Å². The van der Waals surface area contributed by atoms with E-state index in [4.69, 9.17) is 4.74 Å². The van der Waals surface area contributed by atoms with Crippen molar-refractivity contribution in [3.63, 3.8) is 0 Å². The molecule has 12 heavy (non-hydrogen) atoms. The first-order chi connectivity index (χ1) is 5.54. The molecular weight excluding hydrogens is 159 g/mol. The van der Waals surface area contributed by atoms with Gasteiger partial charge in [0.05, 0.1) is 7.11 Å². The van der Waals surface area contributed by atoms with Crippen molar-refractivity contribution < 1.29 is 14.2 Å². The van der Waals surface area contributed by atoms with Crippen molar-refractivity contribution in [2.45, 2.75) is 39.5 Å². The van der Waals surface area contributed by atoms with Gasteiger partial charge in [-0.1, -0.05) is 6.92 Å². The van der Waals surface area contributed by atoms with Gasteiger partial charge in [0, 0.05) is 0 Å². The average Bonchev–Trinajstić information content (AvgIpc) is 2.05. The molecule has 0 aromatic carbocycles. The number of hydrogen-bond donors (Lipinski definition) is 1. The molecule has 0 rings (SSSR count). The van der Waals surface area contributed by atoms with Gasteiger partial charge < -0.3 is 9.84 Å². The third-order valence-electron chi connectivity index (χ3n) is 1.87. The maximum Gasteiger partial charge on any atom is 0.142 e. The second-order valence-corrected chi connectivity index (χ2v) is 2.82. The summed E-state index contributed by atoms with van der Waals surface area (Å²) in [6, 6.07) is 0. The lowest BCUT2D eigenvalue weighted by Crippen LogP contribution is -2.23. The molecule has 0 bridgehead atoms. The van der Waals surface area contributed by atoms with Gasteiger partial charge in [-0.15, -0.1) is 0 Å². The number of rotatable bonds is 4. The summed E-state index contributed by atoms with van der Waals surface area (Å²) in [5, 5.41) is 9.33. The third-order valence-corrected chi connectivity index (χ3v) is 1.87. The molecule has 0 aromatic heterocycles. The summed E-state index contributed by atoms with van der Waals surface area (Å²) < 4.78 is 17.6. The van der Waals surface area contributed by atoms with Gasteiger partial charge in [0.15, 0.2) is 0 Å². The van der Waals surface area contributed by atoms with Crippen LogP contribution in [0.4, 0.5) is 4.39 Å². The molecule has 0 aromatic rings. The first-order valence-corrected chi connectivity index (χ1v) is 4.10. The monoisotopic (exact) mass is 176 g/mol. The number of allylic oxidation sites excluding steroid dienone is 1. The van der Waals surface area contributed by atoms with Gasteiger partial charge in [-0.25, -0.2) is 4.39 Å². The van der Waals surface area contributed by atoms with Crippen LogP contribution in [0.15, 0.2) is 11.3 Å². The fraction of sp³-hybridized carbons (Fsp3) is 0.778. The Kier molecular flexibility index (Phi) is 4.90. The van der Waals surface area contributed by atoms with Crippen molar-refractivity contribution >= 4 is 0 Å². The van der Waals surface area contributed by atoms with Gasteiger partial charge >= 0.3 is 0 Å². The Bertz CT molecular complexity index is 164. The number of hydrogen-bond acceptors (Lipinski definition) is 2. The van der Waals surface area contributed by atoms with Crippen LogP contribution in [0.25, 0.3) is 0 Å². The molecule has 2 nitrogen and oxygen atoms in total. The molecule has 0 heterocycles. The fourth-order valence-corrected chi connectivity index (χ4v) is 0.930. The van der Waals surface area contributed by atoms with E-state index in [0.29, 0.717) is 5.76 Å². The molecule has 2 atom stereocenters. The maximum absolute atomic E-state index is 12.7. The van der Waals surface area contributed by atoms with Crippen LogP contribution in [0.5, 0.6) is 0 Å². The van der Waals surface area contributed by atoms with Crippen molar-refractivity contribution in [2.75, 3.05) is 7.11 Å². The molecule has 2 unspecified atom stereocenters. The number of halogens is 1. The topological polar surface area (TPSA) is 29.5 Å². The van der Waals surface area contributed by atoms with Crippen molar-refractivity contribution in [3.05, 3.63) is 11.3 Å². The lowest BCUT2D eigenvalue weighted by Gasteiger charge is -2.17. The molecule has 72 valence electrons. The number of ether oxygens (including phenoxy) is 1. The SMILES string of the molecule is CC/C(C)=C(\OC)C(O)C(C)F. The molecule has 0 aliphatic carbocycles. The highest BCUT2D eigenvalue weighted by molar-refractivity contribution is 5.10. The first kappa shape index (κ1) is 11.4. The molecule has 0 amide bonds. The standard InChI is InChI=1S/C9H17FO2/c1-5-6(2)9(12-4)8(11)7(3)10/h7-8,11H,5H2,1-4H3/b9-6-. The number of aliphatic hydroxyl groups excluding tert-OH is 1. The van der Waals surface area contributed by atoms with E-state index in [1.165, 1.54) is 14.0 Å². The Labute approximate surface area is 73.0 Å². The van der Waals surface area contributed by atoms with Crippen molar-refractivity contribution in [1.29, 1.82) is 0 Å². The first-order valence-electron chi connectivity index (χ1n) is 4.10. The van der Waals surface area contributed by atoms with Crippen LogP contribution >= 0.6 is 0 Å². The molecular formula is C9H17FO2. The predicted octanol–water partition coefficient (Wildman–Crippen LogP) is 2.04. The Morgan fingerprint density at radius 1 is 1.58 bits per heavy atom. The van der Waals surface area contributed by atoms with Crippen molar-refractivity contribution in [3.8, 4) is 0 Å². The molecule has 0 saturated carbocycles. The minimum atomic E-state index is -1.29. The van der Waals surface area contributed by atoms with Gasteiger partial charge in [-0.05, 0) is 25.8 Å². The molecule has 1 N–H and O–H groups in total. The summed E-state index contributed by atoms with van der Waals surface area (Å²) in [5.74, 6) is 0.354. The molecule has 0 aliphatic heterocycles. The second kappa shape index (κ2) is 5.14. The van der Waals surface area contributed by atoms with Crippen LogP contribution < -0.4 is 0 Å². The Morgan fingerprint density at radius 2 is 2.08 bits per heavy atom. The van der Waals surface area contributed by atoms with E-state index in [9.17, 15) is 9.50 Å². The minimum Gasteiger partial charge on any atom is -0.498 e. The van der Waals surface area contributed by atoms with E-state index in [0.717, 1.165) is 12.0 Å². The van der Waals surface area contributed by atoms with Gasteiger partial charge in [-0.3, -0.25) is 0 Å². The summed E-state index contributed by atoms with van der Waals surface area (Å²) in [7, 11) is 1.44. The zero-order valence-electron chi connectivity index (χ0n) is 8.10. The minimum absolute atomic E-state index is 0.354. The molecule has 0 radical (unpaired) electrons. The quantitative estimate of drug-likeness (QED) is 0.664. The van der Waals surface area contributed by atoms with Gasteiger partial charge in [-0.2, -0.15) is 0 Å². The highest BCUT2D eigenvalue weighted by Gasteiger charge is 2.20. The van der Waals surface area contributed by atoms with Crippen LogP contribution in [-0.4, -0.2) is 24.5 Å². The number of alkyl halides is 1. The summed E-state index contributed by atoms with van der Waals surface area (Å²) in [4.78, 5) is 0. The lowest BCUT2D eigenvalue weighted by molar-refractivity contribution is 0.0641. The Hall–Kier alpha value is -0.570. The highest BCUT2D eigenvalue weighted by Crippen LogP contribution is 2.16. The molecule has 0 aliphatic rings. The number of methoxy groups -OCH3 is 1. The molecule has 0 spiro atoms. The average molecular weight is 176 g/mol. The van der Waals surface area contributed by atoms with Crippen LogP contribution in [-0.2, 0) is 4.74 Å². The van der Waals surface area contributed by atoms with Gasteiger partial charge in [0.1, 0.15) is 18.0 Å².